The van der Waals surface area contributed by atoms with E-state index < -0.39 is 0 Å². The largest absolute Gasteiger partial charge is 0.369 e. The van der Waals surface area contributed by atoms with Crippen LogP contribution in [0.3, 0.4) is 0 Å². The zero-order valence-corrected chi connectivity index (χ0v) is 14.1. The van der Waals surface area contributed by atoms with Gasteiger partial charge in [-0.1, -0.05) is 23.7 Å². The molecular weight excluding hydrogens is 326 g/mol. The van der Waals surface area contributed by atoms with E-state index in [0.717, 1.165) is 48.3 Å². The maximum atomic E-state index is 11.4. The molecule has 0 atom stereocenters. The molecule has 4 rings (SSSR count). The molecule has 1 aromatic carbocycles. The summed E-state index contributed by atoms with van der Waals surface area (Å²) in [5, 5.41) is 6.11. The lowest BCUT2D eigenvalue weighted by Gasteiger charge is -2.32. The van der Waals surface area contributed by atoms with E-state index >= 15 is 0 Å². The molecule has 0 aliphatic carbocycles. The van der Waals surface area contributed by atoms with Crippen molar-refractivity contribution in [1.29, 1.82) is 0 Å². The molecule has 1 fully saturated rings. The minimum atomic E-state index is -0.211. The average Bonchev–Trinajstić information content (AvgIpc) is 2.89. The number of aryl methyl sites for hydroxylation is 1. The lowest BCUT2D eigenvalue weighted by Crippen LogP contribution is -2.39. The summed E-state index contributed by atoms with van der Waals surface area (Å²) in [4.78, 5) is 18.4. The van der Waals surface area contributed by atoms with Crippen LogP contribution >= 0.6 is 11.6 Å². The predicted molar refractivity (Wildman–Crippen MR) is 94.4 cm³/mol. The van der Waals surface area contributed by atoms with E-state index in [0.29, 0.717) is 10.7 Å². The minimum absolute atomic E-state index is 0.0444. The van der Waals surface area contributed by atoms with Gasteiger partial charge in [0, 0.05) is 24.4 Å². The molecule has 0 bridgehead atoms. The molecule has 2 aromatic heterocycles. The number of aromatic nitrogens is 3. The molecule has 0 unspecified atom stereocenters. The zero-order chi connectivity index (χ0) is 16.8. The van der Waals surface area contributed by atoms with Crippen LogP contribution in [0.4, 0.5) is 5.82 Å². The highest BCUT2D eigenvalue weighted by atomic mass is 35.5. The van der Waals surface area contributed by atoms with Crippen LogP contribution in [-0.4, -0.2) is 33.6 Å². The minimum Gasteiger partial charge on any atom is -0.369 e. The van der Waals surface area contributed by atoms with Crippen molar-refractivity contribution in [1.82, 2.24) is 14.6 Å². The first-order chi connectivity index (χ1) is 11.6. The molecule has 0 spiro atoms. The van der Waals surface area contributed by atoms with Crippen molar-refractivity contribution in [3.8, 4) is 0 Å². The Balaban J connectivity index is 1.85. The van der Waals surface area contributed by atoms with Crippen LogP contribution < -0.4 is 10.6 Å². The molecule has 24 heavy (non-hydrogen) atoms. The molecule has 6 nitrogen and oxygen atoms in total. The summed E-state index contributed by atoms with van der Waals surface area (Å²) >= 11 is 6.39. The number of nitrogens with zero attached hydrogens (tertiary/aromatic N) is 4. The number of primary amides is 1. The number of hydrogen-bond acceptors (Lipinski definition) is 4. The molecule has 1 aliphatic heterocycles. The number of halogens is 1. The van der Waals surface area contributed by atoms with Crippen LogP contribution in [0.1, 0.15) is 18.5 Å². The highest BCUT2D eigenvalue weighted by Gasteiger charge is 2.26. The number of carbonyl (C=O) groups is 1. The highest BCUT2D eigenvalue weighted by molar-refractivity contribution is 6.34. The van der Waals surface area contributed by atoms with Crippen LogP contribution in [0.15, 0.2) is 24.3 Å². The molecule has 1 aliphatic rings. The Morgan fingerprint density at radius 3 is 2.71 bits per heavy atom. The molecule has 1 saturated heterocycles. The standard InChI is InChI=1S/C17H18ClN5O/c1-10-14(18)17-20-16(22-8-6-11(7-9-22)15(19)24)12-4-2-3-5-13(12)23(17)21-10/h2-5,11H,6-9H2,1H3,(H2,19,24). The molecule has 124 valence electrons. The second-order valence-corrected chi connectivity index (χ2v) is 6.63. The lowest BCUT2D eigenvalue weighted by molar-refractivity contribution is -0.122. The number of anilines is 1. The normalized spacial score (nSPS) is 16.2. The van der Waals surface area contributed by atoms with Crippen molar-refractivity contribution in [3.63, 3.8) is 0 Å². The van der Waals surface area contributed by atoms with Gasteiger partial charge in [-0.05, 0) is 31.9 Å². The Morgan fingerprint density at radius 2 is 2.00 bits per heavy atom. The number of piperidine rings is 1. The molecule has 7 heteroatoms. The Hall–Kier alpha value is -2.34. The number of fused-ring (bicyclic) bond motifs is 3. The molecular formula is C17H18ClN5O. The van der Waals surface area contributed by atoms with Crippen molar-refractivity contribution in [2.24, 2.45) is 11.7 Å². The molecule has 1 amide bonds. The van der Waals surface area contributed by atoms with Crippen LogP contribution in [0.2, 0.25) is 5.02 Å². The third kappa shape index (κ3) is 2.29. The van der Waals surface area contributed by atoms with Gasteiger partial charge in [-0.3, -0.25) is 4.79 Å². The van der Waals surface area contributed by atoms with Crippen molar-refractivity contribution in [2.75, 3.05) is 18.0 Å². The number of benzene rings is 1. The van der Waals surface area contributed by atoms with Crippen LogP contribution in [0, 0.1) is 12.8 Å². The van der Waals surface area contributed by atoms with E-state index in [4.69, 9.17) is 22.3 Å². The van der Waals surface area contributed by atoms with Gasteiger partial charge in [0.1, 0.15) is 10.8 Å². The van der Waals surface area contributed by atoms with Crippen molar-refractivity contribution < 1.29 is 4.79 Å². The monoisotopic (exact) mass is 343 g/mol. The van der Waals surface area contributed by atoms with Gasteiger partial charge in [-0.15, -0.1) is 0 Å². The average molecular weight is 344 g/mol. The van der Waals surface area contributed by atoms with Crippen molar-refractivity contribution in [3.05, 3.63) is 35.0 Å². The molecule has 3 aromatic rings. The van der Waals surface area contributed by atoms with Crippen molar-refractivity contribution >= 4 is 39.9 Å². The Labute approximate surface area is 144 Å². The lowest BCUT2D eigenvalue weighted by atomic mass is 9.96. The summed E-state index contributed by atoms with van der Waals surface area (Å²) in [6.45, 7) is 3.39. The van der Waals surface area contributed by atoms with Crippen LogP contribution in [0.25, 0.3) is 16.6 Å². The Bertz CT molecular complexity index is 943. The number of carbonyl (C=O) groups excluding carboxylic acids is 1. The number of amides is 1. The highest BCUT2D eigenvalue weighted by Crippen LogP contribution is 2.32. The first kappa shape index (κ1) is 15.2. The fourth-order valence-electron chi connectivity index (χ4n) is 3.39. The maximum Gasteiger partial charge on any atom is 0.220 e. The molecule has 2 N–H and O–H groups in total. The Morgan fingerprint density at radius 1 is 1.29 bits per heavy atom. The van der Waals surface area contributed by atoms with Crippen LogP contribution in [-0.2, 0) is 4.79 Å². The third-order valence-electron chi connectivity index (χ3n) is 4.75. The predicted octanol–water partition coefficient (Wildman–Crippen LogP) is 2.55. The van der Waals surface area contributed by atoms with Gasteiger partial charge in [0.2, 0.25) is 5.91 Å². The number of rotatable bonds is 2. The van der Waals surface area contributed by atoms with Gasteiger partial charge in [0.25, 0.3) is 0 Å². The van der Waals surface area contributed by atoms with Gasteiger partial charge in [-0.2, -0.15) is 5.10 Å². The zero-order valence-electron chi connectivity index (χ0n) is 13.4. The van der Waals surface area contributed by atoms with E-state index in [9.17, 15) is 4.79 Å². The maximum absolute atomic E-state index is 11.4. The fraction of sp³-hybridized carbons (Fsp3) is 0.353. The van der Waals surface area contributed by atoms with E-state index in [1.807, 2.05) is 31.2 Å². The van der Waals surface area contributed by atoms with Gasteiger partial charge in [0.05, 0.1) is 11.2 Å². The van der Waals surface area contributed by atoms with Crippen LogP contribution in [0.5, 0.6) is 0 Å². The SMILES string of the molecule is Cc1nn2c(nc(N3CCC(C(N)=O)CC3)c3ccccc32)c1Cl. The second-order valence-electron chi connectivity index (χ2n) is 6.25. The molecule has 3 heterocycles. The quantitative estimate of drug-likeness (QED) is 0.775. The van der Waals surface area contributed by atoms with Crippen molar-refractivity contribution in [2.45, 2.75) is 19.8 Å². The first-order valence-corrected chi connectivity index (χ1v) is 8.42. The summed E-state index contributed by atoms with van der Waals surface area (Å²) in [5.41, 5.74) is 7.84. The summed E-state index contributed by atoms with van der Waals surface area (Å²) in [6.07, 6.45) is 1.51. The van der Waals surface area contributed by atoms with E-state index in [-0.39, 0.29) is 11.8 Å². The first-order valence-electron chi connectivity index (χ1n) is 8.04. The second kappa shape index (κ2) is 5.63. The van der Waals surface area contributed by atoms with E-state index in [1.165, 1.54) is 0 Å². The van der Waals surface area contributed by atoms with Gasteiger partial charge < -0.3 is 10.6 Å². The summed E-state index contributed by atoms with van der Waals surface area (Å²) < 4.78 is 1.80. The number of para-hydroxylation sites is 1. The molecule has 0 radical (unpaired) electrons. The summed E-state index contributed by atoms with van der Waals surface area (Å²) in [6, 6.07) is 8.04. The molecule has 0 saturated carbocycles. The van der Waals surface area contributed by atoms with Gasteiger partial charge >= 0.3 is 0 Å². The summed E-state index contributed by atoms with van der Waals surface area (Å²) in [7, 11) is 0. The van der Waals surface area contributed by atoms with Gasteiger partial charge in [0.15, 0.2) is 5.65 Å². The van der Waals surface area contributed by atoms with E-state index in [1.54, 1.807) is 4.52 Å². The summed E-state index contributed by atoms with van der Waals surface area (Å²) in [5.74, 6) is 0.636. The van der Waals surface area contributed by atoms with E-state index in [2.05, 4.69) is 10.00 Å². The third-order valence-corrected chi connectivity index (χ3v) is 5.19. The Kier molecular flexibility index (Phi) is 3.57. The fourth-order valence-corrected chi connectivity index (χ4v) is 3.55. The topological polar surface area (TPSA) is 76.5 Å². The number of hydrogen-bond donors (Lipinski definition) is 1. The number of nitrogens with two attached hydrogens (primary N) is 1. The smallest absolute Gasteiger partial charge is 0.220 e. The van der Waals surface area contributed by atoms with Gasteiger partial charge in [-0.25, -0.2) is 9.50 Å².